The van der Waals surface area contributed by atoms with Gasteiger partial charge in [-0.2, -0.15) is 0 Å². The molecule has 2 rings (SSSR count). The van der Waals surface area contributed by atoms with E-state index in [1.54, 1.807) is 0 Å². The molecule has 17 heavy (non-hydrogen) atoms. The Labute approximate surface area is 107 Å². The standard InChI is InChI=1S/C15H29NO/c1-3-16-14(15(2)8-4-5-9-15)12-13-6-10-17-11-7-13/h13-14,16H,3-12H2,1-2H3. The van der Waals surface area contributed by atoms with E-state index in [-0.39, 0.29) is 0 Å². The smallest absolute Gasteiger partial charge is 0.0468 e. The number of nitrogens with one attached hydrogen (secondary N) is 1. The summed E-state index contributed by atoms with van der Waals surface area (Å²) < 4.78 is 5.47. The van der Waals surface area contributed by atoms with E-state index in [1.807, 2.05) is 0 Å². The van der Waals surface area contributed by atoms with Crippen molar-refractivity contribution in [3.05, 3.63) is 0 Å². The second-order valence-electron chi connectivity index (χ2n) is 6.26. The summed E-state index contributed by atoms with van der Waals surface area (Å²) in [4.78, 5) is 0. The molecule has 0 aromatic heterocycles. The molecule has 0 radical (unpaired) electrons. The van der Waals surface area contributed by atoms with Crippen LogP contribution in [0.2, 0.25) is 0 Å². The van der Waals surface area contributed by atoms with Gasteiger partial charge in [0, 0.05) is 19.3 Å². The highest BCUT2D eigenvalue weighted by Gasteiger charge is 2.37. The molecule has 1 aliphatic carbocycles. The minimum atomic E-state index is 0.564. The number of hydrogen-bond donors (Lipinski definition) is 1. The topological polar surface area (TPSA) is 21.3 Å². The largest absolute Gasteiger partial charge is 0.381 e. The summed E-state index contributed by atoms with van der Waals surface area (Å²) in [6.07, 6.45) is 9.64. The monoisotopic (exact) mass is 239 g/mol. The van der Waals surface area contributed by atoms with Crippen LogP contribution >= 0.6 is 0 Å². The van der Waals surface area contributed by atoms with Crippen LogP contribution < -0.4 is 5.32 Å². The maximum absolute atomic E-state index is 5.47. The molecule has 2 fully saturated rings. The van der Waals surface area contributed by atoms with E-state index < -0.39 is 0 Å². The van der Waals surface area contributed by atoms with E-state index in [9.17, 15) is 0 Å². The molecule has 1 atom stereocenters. The maximum atomic E-state index is 5.47. The lowest BCUT2D eigenvalue weighted by molar-refractivity contribution is 0.0524. The Kier molecular flexibility index (Phi) is 4.87. The van der Waals surface area contributed by atoms with Crippen LogP contribution in [-0.4, -0.2) is 25.8 Å². The van der Waals surface area contributed by atoms with Gasteiger partial charge < -0.3 is 10.1 Å². The van der Waals surface area contributed by atoms with Gasteiger partial charge in [0.25, 0.3) is 0 Å². The van der Waals surface area contributed by atoms with E-state index in [0.29, 0.717) is 5.41 Å². The van der Waals surface area contributed by atoms with E-state index in [4.69, 9.17) is 4.74 Å². The minimum absolute atomic E-state index is 0.564. The summed E-state index contributed by atoms with van der Waals surface area (Å²) >= 11 is 0. The minimum Gasteiger partial charge on any atom is -0.381 e. The molecule has 1 unspecified atom stereocenters. The zero-order valence-electron chi connectivity index (χ0n) is 11.6. The third kappa shape index (κ3) is 3.45. The van der Waals surface area contributed by atoms with Gasteiger partial charge >= 0.3 is 0 Å². The third-order valence-electron chi connectivity index (χ3n) is 4.95. The zero-order valence-corrected chi connectivity index (χ0v) is 11.6. The van der Waals surface area contributed by atoms with Gasteiger partial charge in [0.2, 0.25) is 0 Å². The van der Waals surface area contributed by atoms with Gasteiger partial charge in [-0.1, -0.05) is 26.7 Å². The lowest BCUT2D eigenvalue weighted by Gasteiger charge is -2.38. The molecule has 2 aliphatic rings. The highest BCUT2D eigenvalue weighted by molar-refractivity contribution is 4.92. The van der Waals surface area contributed by atoms with Crippen molar-refractivity contribution >= 4 is 0 Å². The first-order valence-corrected chi connectivity index (χ1v) is 7.56. The van der Waals surface area contributed by atoms with Gasteiger partial charge in [-0.05, 0) is 50.0 Å². The second kappa shape index (κ2) is 6.19. The maximum Gasteiger partial charge on any atom is 0.0468 e. The summed E-state index contributed by atoms with van der Waals surface area (Å²) in [6.45, 7) is 7.84. The average Bonchev–Trinajstić information content (AvgIpc) is 2.78. The van der Waals surface area contributed by atoms with Crippen molar-refractivity contribution in [3.63, 3.8) is 0 Å². The Morgan fingerprint density at radius 3 is 2.47 bits per heavy atom. The first-order valence-electron chi connectivity index (χ1n) is 7.56. The fourth-order valence-corrected chi connectivity index (χ4v) is 3.71. The van der Waals surface area contributed by atoms with Crippen LogP contribution in [0.1, 0.15) is 58.8 Å². The predicted molar refractivity (Wildman–Crippen MR) is 72.2 cm³/mol. The molecule has 1 aliphatic heterocycles. The van der Waals surface area contributed by atoms with Gasteiger partial charge in [-0.25, -0.2) is 0 Å². The van der Waals surface area contributed by atoms with Crippen LogP contribution in [-0.2, 0) is 4.74 Å². The molecule has 0 aromatic carbocycles. The van der Waals surface area contributed by atoms with Crippen LogP contribution in [0, 0.1) is 11.3 Å². The van der Waals surface area contributed by atoms with E-state index >= 15 is 0 Å². The molecule has 1 N–H and O–H groups in total. The quantitative estimate of drug-likeness (QED) is 0.794. The molecule has 1 saturated heterocycles. The molecule has 0 amide bonds. The fourth-order valence-electron chi connectivity index (χ4n) is 3.71. The summed E-state index contributed by atoms with van der Waals surface area (Å²) in [5, 5.41) is 3.77. The van der Waals surface area contributed by atoms with Gasteiger partial charge in [0.05, 0.1) is 0 Å². The van der Waals surface area contributed by atoms with Crippen molar-refractivity contribution in [1.82, 2.24) is 5.32 Å². The highest BCUT2D eigenvalue weighted by atomic mass is 16.5. The van der Waals surface area contributed by atoms with E-state index in [1.165, 1.54) is 44.9 Å². The fraction of sp³-hybridized carbons (Fsp3) is 1.00. The number of hydrogen-bond acceptors (Lipinski definition) is 2. The number of rotatable bonds is 5. The summed E-state index contributed by atoms with van der Waals surface area (Å²) in [7, 11) is 0. The predicted octanol–water partition coefficient (Wildman–Crippen LogP) is 3.36. The molecule has 100 valence electrons. The molecule has 0 spiro atoms. The normalized spacial score (nSPS) is 27.2. The van der Waals surface area contributed by atoms with Crippen LogP contribution in [0.25, 0.3) is 0 Å². The Hall–Kier alpha value is -0.0800. The first kappa shape index (κ1) is 13.4. The zero-order chi connectivity index (χ0) is 12.1. The van der Waals surface area contributed by atoms with Crippen molar-refractivity contribution in [2.75, 3.05) is 19.8 Å². The Balaban J connectivity index is 1.91. The van der Waals surface area contributed by atoms with Gasteiger partial charge in [0.15, 0.2) is 0 Å². The molecule has 0 bridgehead atoms. The molecule has 2 nitrogen and oxygen atoms in total. The highest BCUT2D eigenvalue weighted by Crippen LogP contribution is 2.43. The summed E-state index contributed by atoms with van der Waals surface area (Å²) in [5.41, 5.74) is 0.564. The SMILES string of the molecule is CCNC(CC1CCOCC1)C1(C)CCCC1. The molecular formula is C15H29NO. The van der Waals surface area contributed by atoms with Crippen LogP contribution in [0.3, 0.4) is 0 Å². The average molecular weight is 239 g/mol. The lowest BCUT2D eigenvalue weighted by Crippen LogP contribution is -2.44. The van der Waals surface area contributed by atoms with Gasteiger partial charge in [0.1, 0.15) is 0 Å². The Bertz CT molecular complexity index is 217. The lowest BCUT2D eigenvalue weighted by atomic mass is 9.75. The molecule has 1 saturated carbocycles. The van der Waals surface area contributed by atoms with Crippen molar-refractivity contribution < 1.29 is 4.74 Å². The molecule has 0 aromatic rings. The molecule has 1 heterocycles. The molecular weight excluding hydrogens is 210 g/mol. The van der Waals surface area contributed by atoms with Crippen LogP contribution in [0.5, 0.6) is 0 Å². The summed E-state index contributed by atoms with van der Waals surface area (Å²) in [5.74, 6) is 0.894. The van der Waals surface area contributed by atoms with Crippen molar-refractivity contribution in [1.29, 1.82) is 0 Å². The van der Waals surface area contributed by atoms with E-state index in [2.05, 4.69) is 19.2 Å². The second-order valence-corrected chi connectivity index (χ2v) is 6.26. The first-order chi connectivity index (χ1) is 8.24. The van der Waals surface area contributed by atoms with Crippen molar-refractivity contribution in [2.45, 2.75) is 64.8 Å². The van der Waals surface area contributed by atoms with E-state index in [0.717, 1.165) is 31.7 Å². The van der Waals surface area contributed by atoms with Crippen molar-refractivity contribution in [2.24, 2.45) is 11.3 Å². The van der Waals surface area contributed by atoms with Gasteiger partial charge in [-0.3, -0.25) is 0 Å². The Morgan fingerprint density at radius 1 is 1.24 bits per heavy atom. The summed E-state index contributed by atoms with van der Waals surface area (Å²) in [6, 6.07) is 0.734. The van der Waals surface area contributed by atoms with Crippen LogP contribution in [0.15, 0.2) is 0 Å². The van der Waals surface area contributed by atoms with Gasteiger partial charge in [-0.15, -0.1) is 0 Å². The molecule has 2 heteroatoms. The third-order valence-corrected chi connectivity index (χ3v) is 4.95. The number of ether oxygens (including phenoxy) is 1. The van der Waals surface area contributed by atoms with Crippen molar-refractivity contribution in [3.8, 4) is 0 Å². The Morgan fingerprint density at radius 2 is 1.88 bits per heavy atom. The van der Waals surface area contributed by atoms with Crippen LogP contribution in [0.4, 0.5) is 0 Å².